The summed E-state index contributed by atoms with van der Waals surface area (Å²) in [5, 5.41) is 2.53. The van der Waals surface area contributed by atoms with E-state index in [4.69, 9.17) is 9.97 Å². The third kappa shape index (κ3) is 5.43. The molecule has 0 amide bonds. The molecule has 280 valence electrons. The molecule has 60 heavy (non-hydrogen) atoms. The molecule has 1 spiro atoms. The van der Waals surface area contributed by atoms with Crippen molar-refractivity contribution >= 4 is 22.5 Å². The average molecular weight is 781 g/mol. The molecule has 1 aromatic heterocycles. The Morgan fingerprint density at radius 2 is 0.800 bits per heavy atom. The lowest BCUT2D eigenvalue weighted by Crippen LogP contribution is -2.32. The van der Waals surface area contributed by atoms with Crippen LogP contribution in [0.1, 0.15) is 22.3 Å². The third-order valence-corrected chi connectivity index (χ3v) is 13.5. The number of aromatic nitrogens is 2. The van der Waals surface area contributed by atoms with Gasteiger partial charge in [0.1, 0.15) is 0 Å². The molecule has 0 saturated carbocycles. The molecule has 0 N–H and O–H groups in total. The maximum absolute atomic E-state index is 5.14. The Morgan fingerprint density at radius 1 is 0.317 bits per heavy atom. The predicted octanol–water partition coefficient (Wildman–Crippen LogP) is 14.8. The minimum absolute atomic E-state index is 0.455. The van der Waals surface area contributed by atoms with Crippen LogP contribution in [0.25, 0.3) is 78.1 Å². The van der Waals surface area contributed by atoms with Crippen molar-refractivity contribution in [2.24, 2.45) is 0 Å². The third-order valence-electron chi connectivity index (χ3n) is 12.3. The molecule has 0 unspecified atom stereocenters. The van der Waals surface area contributed by atoms with E-state index in [9.17, 15) is 0 Å². The number of hydrogen-bond acceptors (Lipinski definition) is 3. The lowest BCUT2D eigenvalue weighted by Gasteiger charge is -2.40. The van der Waals surface area contributed by atoms with Crippen LogP contribution in [0.4, 0.5) is 0 Å². The van der Waals surface area contributed by atoms with Crippen LogP contribution >= 0.6 is 11.8 Å². The Bertz CT molecular complexity index is 3190. The van der Waals surface area contributed by atoms with Gasteiger partial charge < -0.3 is 0 Å². The maximum Gasteiger partial charge on any atom is 0.160 e. The van der Waals surface area contributed by atoms with Crippen molar-refractivity contribution < 1.29 is 0 Å². The van der Waals surface area contributed by atoms with Gasteiger partial charge in [-0.25, -0.2) is 9.97 Å². The number of benzene rings is 9. The quantitative estimate of drug-likeness (QED) is 0.174. The molecule has 0 radical (unpaired) electrons. The molecule has 1 aliphatic heterocycles. The lowest BCUT2D eigenvalue weighted by atomic mass is 9.66. The summed E-state index contributed by atoms with van der Waals surface area (Å²) >= 11 is 1.92. The topological polar surface area (TPSA) is 25.8 Å². The summed E-state index contributed by atoms with van der Waals surface area (Å²) in [6.07, 6.45) is 0. The number of fused-ring (bicyclic) bond motifs is 10. The van der Waals surface area contributed by atoms with Crippen LogP contribution in [0.5, 0.6) is 0 Å². The largest absolute Gasteiger partial charge is 0.228 e. The molecule has 12 rings (SSSR count). The fourth-order valence-electron chi connectivity index (χ4n) is 9.63. The standard InChI is InChI=1S/C57H36N2S/c1-3-16-37(17-4-1)52-36-53(59-56(58-52)38-18-5-2-6-19-38)44-25-14-23-40(33-44)39-22-13-24-43(32-39)45-28-15-31-50-55(45)60-54-35-42-21-8-7-20-41(42)34-51(54)57(50)48-29-11-9-26-46(48)47-27-10-12-30-49(47)57/h1-36H. The Kier molecular flexibility index (Phi) is 8.04. The van der Waals surface area contributed by atoms with Gasteiger partial charge >= 0.3 is 0 Å². The van der Waals surface area contributed by atoms with Crippen LogP contribution in [-0.4, -0.2) is 9.97 Å². The van der Waals surface area contributed by atoms with Crippen molar-refractivity contribution in [3.05, 3.63) is 241 Å². The summed E-state index contributed by atoms with van der Waals surface area (Å²) in [6.45, 7) is 0. The van der Waals surface area contributed by atoms with Crippen LogP contribution < -0.4 is 0 Å². The minimum atomic E-state index is -0.455. The second kappa shape index (κ2) is 13.9. The van der Waals surface area contributed by atoms with Crippen LogP contribution in [0.2, 0.25) is 0 Å². The fraction of sp³-hybridized carbons (Fsp3) is 0.0175. The summed E-state index contributed by atoms with van der Waals surface area (Å²) in [6, 6.07) is 79.3. The van der Waals surface area contributed by atoms with Crippen LogP contribution in [0.3, 0.4) is 0 Å². The fourth-order valence-corrected chi connectivity index (χ4v) is 11.0. The van der Waals surface area contributed by atoms with Crippen molar-refractivity contribution in [1.29, 1.82) is 0 Å². The van der Waals surface area contributed by atoms with Crippen LogP contribution in [-0.2, 0) is 5.41 Å². The molecule has 2 heterocycles. The highest BCUT2D eigenvalue weighted by molar-refractivity contribution is 7.99. The van der Waals surface area contributed by atoms with E-state index in [0.717, 1.165) is 39.2 Å². The van der Waals surface area contributed by atoms with Gasteiger partial charge in [-0.15, -0.1) is 0 Å². The van der Waals surface area contributed by atoms with E-state index in [1.165, 1.54) is 65.1 Å². The minimum Gasteiger partial charge on any atom is -0.228 e. The van der Waals surface area contributed by atoms with Crippen molar-refractivity contribution in [2.75, 3.05) is 0 Å². The smallest absolute Gasteiger partial charge is 0.160 e. The highest BCUT2D eigenvalue weighted by Crippen LogP contribution is 2.63. The van der Waals surface area contributed by atoms with Gasteiger partial charge in [0.15, 0.2) is 5.82 Å². The zero-order valence-corrected chi connectivity index (χ0v) is 33.4. The molecule has 2 nitrogen and oxygen atoms in total. The highest BCUT2D eigenvalue weighted by atomic mass is 32.2. The van der Waals surface area contributed by atoms with E-state index in [2.05, 4.69) is 194 Å². The molecular formula is C57H36N2S. The average Bonchev–Trinajstić information content (AvgIpc) is 3.62. The lowest BCUT2D eigenvalue weighted by molar-refractivity contribution is 0.725. The second-order valence-electron chi connectivity index (χ2n) is 15.7. The zero-order chi connectivity index (χ0) is 39.6. The van der Waals surface area contributed by atoms with E-state index >= 15 is 0 Å². The molecular weight excluding hydrogens is 745 g/mol. The van der Waals surface area contributed by atoms with Gasteiger partial charge in [0, 0.05) is 26.5 Å². The second-order valence-corrected chi connectivity index (χ2v) is 16.7. The van der Waals surface area contributed by atoms with Crippen LogP contribution in [0, 0.1) is 0 Å². The predicted molar refractivity (Wildman–Crippen MR) is 248 cm³/mol. The van der Waals surface area contributed by atoms with Gasteiger partial charge in [-0.1, -0.05) is 200 Å². The normalized spacial score (nSPS) is 13.1. The monoisotopic (exact) mass is 780 g/mol. The van der Waals surface area contributed by atoms with Crippen molar-refractivity contribution in [1.82, 2.24) is 9.97 Å². The summed E-state index contributed by atoms with van der Waals surface area (Å²) in [7, 11) is 0. The first-order chi connectivity index (χ1) is 29.7. The number of rotatable bonds is 5. The zero-order valence-electron chi connectivity index (χ0n) is 32.6. The van der Waals surface area contributed by atoms with E-state index < -0.39 is 5.41 Å². The Hall–Kier alpha value is -7.33. The number of hydrogen-bond donors (Lipinski definition) is 0. The molecule has 3 heteroatoms. The van der Waals surface area contributed by atoms with Crippen molar-refractivity contribution in [3.8, 4) is 67.3 Å². The summed E-state index contributed by atoms with van der Waals surface area (Å²) in [4.78, 5) is 12.8. The first kappa shape index (κ1) is 34.7. The summed E-state index contributed by atoms with van der Waals surface area (Å²) in [5.41, 5.74) is 17.2. The Balaban J connectivity index is 1.01. The summed E-state index contributed by atoms with van der Waals surface area (Å²) in [5.74, 6) is 0.713. The molecule has 0 fully saturated rings. The molecule has 2 aliphatic rings. The maximum atomic E-state index is 5.14. The van der Waals surface area contributed by atoms with Crippen LogP contribution in [0.15, 0.2) is 228 Å². The van der Waals surface area contributed by atoms with Gasteiger partial charge in [-0.2, -0.15) is 0 Å². The first-order valence-corrected chi connectivity index (χ1v) is 21.3. The Morgan fingerprint density at radius 3 is 1.50 bits per heavy atom. The SMILES string of the molecule is c1ccc(-c2cc(-c3cccc(-c4cccc(-c5cccc6c5Sc5cc7ccccc7cc5C65c6ccccc6-c6ccccc65)c4)c3)nc(-c3ccccc3)n2)cc1. The highest BCUT2D eigenvalue weighted by Gasteiger charge is 2.50. The molecule has 0 saturated heterocycles. The van der Waals surface area contributed by atoms with E-state index in [-0.39, 0.29) is 0 Å². The molecule has 9 aromatic carbocycles. The van der Waals surface area contributed by atoms with Gasteiger partial charge in [-0.05, 0) is 96.7 Å². The number of nitrogens with zero attached hydrogens (tertiary/aromatic N) is 2. The van der Waals surface area contributed by atoms with E-state index in [0.29, 0.717) is 5.82 Å². The van der Waals surface area contributed by atoms with Crippen molar-refractivity contribution in [3.63, 3.8) is 0 Å². The summed E-state index contributed by atoms with van der Waals surface area (Å²) < 4.78 is 0. The van der Waals surface area contributed by atoms with Gasteiger partial charge in [-0.3, -0.25) is 0 Å². The first-order valence-electron chi connectivity index (χ1n) is 20.5. The van der Waals surface area contributed by atoms with Gasteiger partial charge in [0.2, 0.25) is 0 Å². The van der Waals surface area contributed by atoms with E-state index in [1.54, 1.807) is 0 Å². The van der Waals surface area contributed by atoms with E-state index in [1.807, 2.05) is 36.0 Å². The Labute approximate surface area is 353 Å². The van der Waals surface area contributed by atoms with Crippen molar-refractivity contribution in [2.45, 2.75) is 15.2 Å². The molecule has 0 atom stereocenters. The molecule has 0 bridgehead atoms. The van der Waals surface area contributed by atoms with Gasteiger partial charge in [0.25, 0.3) is 0 Å². The molecule has 1 aliphatic carbocycles. The molecule has 10 aromatic rings. The van der Waals surface area contributed by atoms with Gasteiger partial charge in [0.05, 0.1) is 16.8 Å².